The van der Waals surface area contributed by atoms with E-state index in [0.29, 0.717) is 47.6 Å². The van der Waals surface area contributed by atoms with Gasteiger partial charge in [0.1, 0.15) is 11.2 Å². The van der Waals surface area contributed by atoms with Crippen LogP contribution in [0.25, 0.3) is 22.3 Å². The van der Waals surface area contributed by atoms with Crippen LogP contribution >= 0.6 is 0 Å². The first kappa shape index (κ1) is 20.2. The highest BCUT2D eigenvalue weighted by atomic mass is 19.1. The Morgan fingerprint density at radius 2 is 2.22 bits per heavy atom. The fourth-order valence-electron chi connectivity index (χ4n) is 3.78. The molecule has 32 heavy (non-hydrogen) atoms. The molecule has 0 spiro atoms. The highest BCUT2D eigenvalue weighted by Gasteiger charge is 2.26. The fraction of sp³-hybridized carbons (Fsp3) is 0.333. The predicted molar refractivity (Wildman–Crippen MR) is 114 cm³/mol. The van der Waals surface area contributed by atoms with E-state index < -0.39 is 5.82 Å². The number of fused-ring (bicyclic) bond motifs is 2. The number of hydrogen-bond acceptors (Lipinski definition) is 7. The number of nitrogens with one attached hydrogen (secondary N) is 2. The third-order valence-corrected chi connectivity index (χ3v) is 5.73. The molecule has 166 valence electrons. The van der Waals surface area contributed by atoms with Crippen molar-refractivity contribution in [2.45, 2.75) is 13.0 Å². The highest BCUT2D eigenvalue weighted by molar-refractivity contribution is 5.93. The lowest BCUT2D eigenvalue weighted by molar-refractivity contribution is -0.0380. The van der Waals surface area contributed by atoms with E-state index in [2.05, 4.69) is 32.6 Å². The second-order valence-corrected chi connectivity index (χ2v) is 7.69. The molecule has 0 radical (unpaired) electrons. The molecular weight excluding hydrogens is 417 g/mol. The van der Waals surface area contributed by atoms with E-state index in [1.165, 1.54) is 30.8 Å². The van der Waals surface area contributed by atoms with Crippen LogP contribution in [0.4, 0.5) is 10.3 Å². The quantitative estimate of drug-likeness (QED) is 0.473. The van der Waals surface area contributed by atoms with Gasteiger partial charge in [-0.1, -0.05) is 0 Å². The van der Waals surface area contributed by atoms with E-state index in [1.54, 1.807) is 23.0 Å². The molecule has 1 atom stereocenters. The first-order valence-electron chi connectivity index (χ1n) is 10.2. The second kappa shape index (κ2) is 7.75. The van der Waals surface area contributed by atoms with Gasteiger partial charge in [0.05, 0.1) is 26.5 Å². The summed E-state index contributed by atoms with van der Waals surface area (Å²) >= 11 is 0. The van der Waals surface area contributed by atoms with Crippen LogP contribution < -0.4 is 15.4 Å². The number of anilines is 1. The molecule has 0 aliphatic carbocycles. The number of imidazole rings is 1. The smallest absolute Gasteiger partial charge is 0.269 e. The summed E-state index contributed by atoms with van der Waals surface area (Å²) in [4.78, 5) is 20.7. The van der Waals surface area contributed by atoms with Gasteiger partial charge < -0.3 is 20.1 Å². The molecule has 0 bridgehead atoms. The zero-order valence-corrected chi connectivity index (χ0v) is 17.8. The average Bonchev–Trinajstić information content (AvgIpc) is 3.35. The maximum atomic E-state index is 14.8. The Labute approximate surface area is 182 Å². The Balaban J connectivity index is 1.60. The third kappa shape index (κ3) is 3.21. The van der Waals surface area contributed by atoms with Crippen LogP contribution in [0, 0.1) is 11.7 Å². The van der Waals surface area contributed by atoms with Crippen LogP contribution in [0.15, 0.2) is 30.7 Å². The predicted octanol–water partition coefficient (Wildman–Crippen LogP) is 2.00. The van der Waals surface area contributed by atoms with Crippen molar-refractivity contribution in [3.8, 4) is 17.0 Å². The molecule has 1 fully saturated rings. The summed E-state index contributed by atoms with van der Waals surface area (Å²) in [7, 11) is 3.03. The maximum Gasteiger partial charge on any atom is 0.269 e. The number of nitrogens with zero attached hydrogens (tertiary/aromatic N) is 5. The zero-order chi connectivity index (χ0) is 22.4. The van der Waals surface area contributed by atoms with Gasteiger partial charge in [0.2, 0.25) is 11.8 Å². The molecule has 2 N–H and O–H groups in total. The maximum absolute atomic E-state index is 14.8. The largest absolute Gasteiger partial charge is 0.479 e. The number of pyridine rings is 1. The molecule has 5 rings (SSSR count). The minimum absolute atomic E-state index is 0.0690. The Hall–Kier alpha value is -3.73. The summed E-state index contributed by atoms with van der Waals surface area (Å²) in [5.74, 6) is 0.260. The molecule has 1 amide bonds. The number of methoxy groups -OCH3 is 1. The summed E-state index contributed by atoms with van der Waals surface area (Å²) in [5, 5.41) is 10.4. The van der Waals surface area contributed by atoms with Crippen molar-refractivity contribution in [2.24, 2.45) is 5.92 Å². The van der Waals surface area contributed by atoms with Gasteiger partial charge in [-0.2, -0.15) is 4.98 Å². The number of aromatic nitrogens is 5. The van der Waals surface area contributed by atoms with E-state index in [1.807, 2.05) is 0 Å². The molecular formula is C21H22FN7O3. The van der Waals surface area contributed by atoms with Gasteiger partial charge in [-0.25, -0.2) is 13.9 Å². The van der Waals surface area contributed by atoms with Gasteiger partial charge >= 0.3 is 0 Å². The molecule has 1 aliphatic rings. The number of halogens is 1. The van der Waals surface area contributed by atoms with Crippen molar-refractivity contribution in [2.75, 3.05) is 32.7 Å². The molecule has 4 aromatic heterocycles. The molecule has 0 saturated carbocycles. The van der Waals surface area contributed by atoms with E-state index in [-0.39, 0.29) is 23.3 Å². The molecule has 1 aliphatic heterocycles. The molecule has 4 aromatic rings. The normalized spacial score (nSPS) is 15.0. The first-order valence-corrected chi connectivity index (χ1v) is 10.2. The fourth-order valence-corrected chi connectivity index (χ4v) is 3.78. The second-order valence-electron chi connectivity index (χ2n) is 7.69. The van der Waals surface area contributed by atoms with Crippen LogP contribution in [-0.2, 0) is 4.74 Å². The van der Waals surface area contributed by atoms with Gasteiger partial charge in [-0.15, -0.1) is 5.10 Å². The molecule has 11 heteroatoms. The topological polar surface area (TPSA) is 107 Å². The van der Waals surface area contributed by atoms with Crippen LogP contribution in [0.1, 0.15) is 17.4 Å². The molecule has 1 saturated heterocycles. The summed E-state index contributed by atoms with van der Waals surface area (Å²) in [6.45, 7) is 3.48. The van der Waals surface area contributed by atoms with Gasteiger partial charge in [0.15, 0.2) is 11.5 Å². The van der Waals surface area contributed by atoms with Crippen LogP contribution in [0.5, 0.6) is 5.88 Å². The van der Waals surface area contributed by atoms with Crippen molar-refractivity contribution in [3.05, 3.63) is 42.2 Å². The van der Waals surface area contributed by atoms with Crippen molar-refractivity contribution in [3.63, 3.8) is 0 Å². The minimum Gasteiger partial charge on any atom is -0.479 e. The van der Waals surface area contributed by atoms with Crippen molar-refractivity contribution < 1.29 is 18.7 Å². The molecule has 0 aromatic carbocycles. The number of carbonyl (C=O) groups is 1. The van der Waals surface area contributed by atoms with Gasteiger partial charge in [0.25, 0.3) is 5.91 Å². The lowest BCUT2D eigenvalue weighted by Gasteiger charge is -2.31. The van der Waals surface area contributed by atoms with Crippen molar-refractivity contribution in [1.82, 2.24) is 29.3 Å². The SMILES string of the molecule is CNC(=O)c1cnc2c(F)cc(-c3ccn4nc(N[C@H](C)C5COC5)nc(OC)c34)cn12. The van der Waals surface area contributed by atoms with Gasteiger partial charge in [-0.05, 0) is 19.1 Å². The number of ether oxygens (including phenoxy) is 2. The Morgan fingerprint density at radius 3 is 2.91 bits per heavy atom. The Morgan fingerprint density at radius 1 is 1.41 bits per heavy atom. The number of rotatable bonds is 6. The van der Waals surface area contributed by atoms with Gasteiger partial charge in [-0.3, -0.25) is 9.20 Å². The van der Waals surface area contributed by atoms with E-state index in [9.17, 15) is 9.18 Å². The van der Waals surface area contributed by atoms with Crippen LogP contribution in [0.3, 0.4) is 0 Å². The van der Waals surface area contributed by atoms with Crippen LogP contribution in [0.2, 0.25) is 0 Å². The highest BCUT2D eigenvalue weighted by Crippen LogP contribution is 2.33. The van der Waals surface area contributed by atoms with E-state index in [4.69, 9.17) is 9.47 Å². The average molecular weight is 439 g/mol. The van der Waals surface area contributed by atoms with E-state index in [0.717, 1.165) is 0 Å². The minimum atomic E-state index is -0.549. The Bertz CT molecular complexity index is 1330. The van der Waals surface area contributed by atoms with E-state index >= 15 is 0 Å². The van der Waals surface area contributed by atoms with Crippen molar-refractivity contribution in [1.29, 1.82) is 0 Å². The molecule has 10 nitrogen and oxygen atoms in total. The van der Waals surface area contributed by atoms with Gasteiger partial charge in [0, 0.05) is 42.5 Å². The lowest BCUT2D eigenvalue weighted by atomic mass is 10.0. The number of carbonyl (C=O) groups excluding carboxylic acids is 1. The standard InChI is InChI=1S/C21H22FN7O3/c1-11(13-9-32-10-13)25-21-26-20(31-3)17-14(4-5-29(17)27-21)12-6-15(22)18-24-7-16(19(30)23-2)28(18)8-12/h4-8,11,13H,9-10H2,1-3H3,(H,23,30)(H,25,27)/t11-/m1/s1. The summed E-state index contributed by atoms with van der Waals surface area (Å²) < 4.78 is 28.7. The molecule has 5 heterocycles. The monoisotopic (exact) mass is 439 g/mol. The Kier molecular flexibility index (Phi) is 4.89. The summed E-state index contributed by atoms with van der Waals surface area (Å²) in [6.07, 6.45) is 4.76. The van der Waals surface area contributed by atoms with Crippen molar-refractivity contribution >= 4 is 23.0 Å². The first-order chi connectivity index (χ1) is 15.5. The lowest BCUT2D eigenvalue weighted by Crippen LogP contribution is -2.40. The third-order valence-electron chi connectivity index (χ3n) is 5.73. The summed E-state index contributed by atoms with van der Waals surface area (Å²) in [5.41, 5.74) is 2.07. The number of hydrogen-bond donors (Lipinski definition) is 2. The van der Waals surface area contributed by atoms with Crippen LogP contribution in [-0.4, -0.2) is 63.3 Å². The molecule has 0 unspecified atom stereocenters. The zero-order valence-electron chi connectivity index (χ0n) is 17.8. The summed E-state index contributed by atoms with van der Waals surface area (Å²) in [6, 6.07) is 3.31. The number of amides is 1.